The first-order valence-corrected chi connectivity index (χ1v) is 12.1. The summed E-state index contributed by atoms with van der Waals surface area (Å²) in [6.45, 7) is 6.37. The summed E-state index contributed by atoms with van der Waals surface area (Å²) in [6.07, 6.45) is 0.0649. The van der Waals surface area contributed by atoms with Gasteiger partial charge in [-0.15, -0.1) is 0 Å². The predicted molar refractivity (Wildman–Crippen MR) is 107 cm³/mol. The second kappa shape index (κ2) is 9.90. The number of benzene rings is 2. The molecule has 0 bridgehead atoms. The predicted octanol–water partition coefficient (Wildman–Crippen LogP) is 5.71. The lowest BCUT2D eigenvalue weighted by Gasteiger charge is -2.33. The molecule has 0 aliphatic heterocycles. The van der Waals surface area contributed by atoms with Crippen LogP contribution in [0.3, 0.4) is 0 Å². The van der Waals surface area contributed by atoms with Gasteiger partial charge >= 0.3 is 0 Å². The Kier molecular flexibility index (Phi) is 7.87. The molecule has 0 spiro atoms. The number of carbonyl (C=O) groups excluding carboxylic acids is 1. The highest BCUT2D eigenvalue weighted by Crippen LogP contribution is 2.25. The van der Waals surface area contributed by atoms with Gasteiger partial charge in [-0.05, 0) is 53.5 Å². The summed E-state index contributed by atoms with van der Waals surface area (Å²) in [4.78, 5) is 13.0. The Bertz CT molecular complexity index is 717. The van der Waals surface area contributed by atoms with Crippen LogP contribution < -0.4 is 0 Å². The Morgan fingerprint density at radius 2 is 1.30 bits per heavy atom. The van der Waals surface area contributed by atoms with Gasteiger partial charge in [0.25, 0.3) is 0 Å². The van der Waals surface area contributed by atoms with Gasteiger partial charge in [-0.25, -0.2) is 8.78 Å². The van der Waals surface area contributed by atoms with Crippen molar-refractivity contribution < 1.29 is 18.0 Å². The van der Waals surface area contributed by atoms with Crippen LogP contribution in [0.5, 0.6) is 0 Å². The van der Waals surface area contributed by atoms with Gasteiger partial charge in [0.2, 0.25) is 0 Å². The fraction of sp³-hybridized carbons (Fsp3) is 0.409. The van der Waals surface area contributed by atoms with E-state index in [1.807, 2.05) is 0 Å². The van der Waals surface area contributed by atoms with E-state index in [2.05, 4.69) is 20.8 Å². The molecule has 0 unspecified atom stereocenters. The standard InChI is InChI=1S/C22H28F2O2Si/c1-4-27(5-2,6-3)26-22(16-18-9-13-20(24)14-10-18)21(25)15-17-7-11-19(23)12-8-17/h7-14,22H,4-6,15-16H2,1-3H3/t22-/m0/s1. The van der Waals surface area contributed by atoms with Crippen LogP contribution in [0.25, 0.3) is 0 Å². The van der Waals surface area contributed by atoms with E-state index in [0.29, 0.717) is 6.42 Å². The minimum absolute atomic E-state index is 0.0156. The van der Waals surface area contributed by atoms with E-state index in [0.717, 1.165) is 29.3 Å². The molecule has 0 amide bonds. The van der Waals surface area contributed by atoms with Crippen molar-refractivity contribution in [1.82, 2.24) is 0 Å². The van der Waals surface area contributed by atoms with Gasteiger partial charge in [-0.1, -0.05) is 45.0 Å². The molecule has 27 heavy (non-hydrogen) atoms. The minimum atomic E-state index is -1.99. The van der Waals surface area contributed by atoms with Gasteiger partial charge in [0.05, 0.1) is 0 Å². The first kappa shape index (κ1) is 21.4. The monoisotopic (exact) mass is 390 g/mol. The Balaban J connectivity index is 2.22. The van der Waals surface area contributed by atoms with E-state index in [1.54, 1.807) is 24.3 Å². The molecule has 0 saturated heterocycles. The van der Waals surface area contributed by atoms with Crippen LogP contribution in [0, 0.1) is 11.6 Å². The summed E-state index contributed by atoms with van der Waals surface area (Å²) in [6, 6.07) is 15.0. The van der Waals surface area contributed by atoms with Crippen molar-refractivity contribution in [1.29, 1.82) is 0 Å². The van der Waals surface area contributed by atoms with Crippen molar-refractivity contribution in [3.05, 3.63) is 71.3 Å². The normalized spacial score (nSPS) is 12.8. The van der Waals surface area contributed by atoms with E-state index in [1.165, 1.54) is 24.3 Å². The number of Topliss-reactive ketones (excluding diaryl/α,β-unsaturated/α-hetero) is 1. The van der Waals surface area contributed by atoms with Crippen LogP contribution in [0.1, 0.15) is 31.9 Å². The summed E-state index contributed by atoms with van der Waals surface area (Å²) in [5, 5.41) is 0. The number of ketones is 1. The molecule has 2 aromatic rings. The average Bonchev–Trinajstić information content (AvgIpc) is 2.68. The molecule has 0 aliphatic carbocycles. The van der Waals surface area contributed by atoms with Crippen LogP contribution in [-0.4, -0.2) is 20.2 Å². The number of carbonyl (C=O) groups is 1. The molecule has 5 heteroatoms. The second-order valence-electron chi connectivity index (χ2n) is 6.95. The van der Waals surface area contributed by atoms with Gasteiger partial charge in [0.15, 0.2) is 14.1 Å². The molecule has 2 aromatic carbocycles. The fourth-order valence-electron chi connectivity index (χ4n) is 3.27. The second-order valence-corrected chi connectivity index (χ2v) is 11.7. The first-order valence-electron chi connectivity index (χ1n) is 9.60. The molecule has 2 nitrogen and oxygen atoms in total. The molecule has 146 valence electrons. The average molecular weight is 391 g/mol. The smallest absolute Gasteiger partial charge is 0.193 e. The highest BCUT2D eigenvalue weighted by atomic mass is 28.4. The van der Waals surface area contributed by atoms with Crippen LogP contribution in [0.2, 0.25) is 18.1 Å². The molecule has 2 rings (SSSR count). The minimum Gasteiger partial charge on any atom is -0.407 e. The summed E-state index contributed by atoms with van der Waals surface area (Å²) >= 11 is 0. The maximum atomic E-state index is 13.2. The number of halogens is 2. The third-order valence-electron chi connectivity index (χ3n) is 5.31. The zero-order valence-electron chi connectivity index (χ0n) is 16.3. The highest BCUT2D eigenvalue weighted by molar-refractivity contribution is 6.73. The van der Waals surface area contributed by atoms with Crippen LogP contribution in [0.15, 0.2) is 48.5 Å². The van der Waals surface area contributed by atoms with Crippen molar-refractivity contribution in [2.45, 2.75) is 57.8 Å². The van der Waals surface area contributed by atoms with E-state index in [4.69, 9.17) is 4.43 Å². The topological polar surface area (TPSA) is 26.3 Å². The zero-order valence-corrected chi connectivity index (χ0v) is 17.3. The van der Waals surface area contributed by atoms with Crippen molar-refractivity contribution in [2.24, 2.45) is 0 Å². The van der Waals surface area contributed by atoms with Gasteiger partial charge in [-0.3, -0.25) is 4.79 Å². The molecule has 0 heterocycles. The zero-order chi connectivity index (χ0) is 19.9. The van der Waals surface area contributed by atoms with Crippen molar-refractivity contribution in [3.63, 3.8) is 0 Å². The lowest BCUT2D eigenvalue weighted by molar-refractivity contribution is -0.125. The number of hydrogen-bond donors (Lipinski definition) is 0. The Hall–Kier alpha value is -1.85. The van der Waals surface area contributed by atoms with Crippen LogP contribution >= 0.6 is 0 Å². The molecule has 0 N–H and O–H groups in total. The first-order chi connectivity index (χ1) is 12.9. The maximum Gasteiger partial charge on any atom is 0.193 e. The van der Waals surface area contributed by atoms with Crippen molar-refractivity contribution in [2.75, 3.05) is 0 Å². The van der Waals surface area contributed by atoms with E-state index in [-0.39, 0.29) is 23.8 Å². The largest absolute Gasteiger partial charge is 0.407 e. The fourth-order valence-corrected chi connectivity index (χ4v) is 6.09. The van der Waals surface area contributed by atoms with E-state index >= 15 is 0 Å². The summed E-state index contributed by atoms with van der Waals surface area (Å²) < 4.78 is 32.8. The number of hydrogen-bond acceptors (Lipinski definition) is 2. The molecule has 0 radical (unpaired) electrons. The molecule has 0 fully saturated rings. The summed E-state index contributed by atoms with van der Waals surface area (Å²) in [5.74, 6) is -0.633. The molecule has 1 atom stereocenters. The maximum absolute atomic E-state index is 13.2. The third-order valence-corrected chi connectivity index (χ3v) is 9.96. The van der Waals surface area contributed by atoms with Gasteiger partial charge in [0.1, 0.15) is 17.7 Å². The molecular formula is C22H28F2O2Si. The SMILES string of the molecule is CC[Si](CC)(CC)O[C@@H](Cc1ccc(F)cc1)C(=O)Cc1ccc(F)cc1. The lowest BCUT2D eigenvalue weighted by Crippen LogP contribution is -2.44. The summed E-state index contributed by atoms with van der Waals surface area (Å²) in [7, 11) is -1.99. The summed E-state index contributed by atoms with van der Waals surface area (Å²) in [5.41, 5.74) is 1.64. The highest BCUT2D eigenvalue weighted by Gasteiger charge is 2.34. The lowest BCUT2D eigenvalue weighted by atomic mass is 10.00. The molecular weight excluding hydrogens is 362 g/mol. The molecule has 0 aromatic heterocycles. The Labute approximate surface area is 161 Å². The molecule has 0 aliphatic rings. The molecule has 0 saturated carbocycles. The van der Waals surface area contributed by atoms with E-state index < -0.39 is 14.4 Å². The van der Waals surface area contributed by atoms with Gasteiger partial charge in [0, 0.05) is 12.8 Å². The van der Waals surface area contributed by atoms with Gasteiger partial charge in [-0.2, -0.15) is 0 Å². The van der Waals surface area contributed by atoms with Crippen molar-refractivity contribution >= 4 is 14.1 Å². The van der Waals surface area contributed by atoms with E-state index in [9.17, 15) is 13.6 Å². The Morgan fingerprint density at radius 3 is 1.74 bits per heavy atom. The quantitative estimate of drug-likeness (QED) is 0.486. The van der Waals surface area contributed by atoms with Crippen LogP contribution in [-0.2, 0) is 22.1 Å². The van der Waals surface area contributed by atoms with Crippen molar-refractivity contribution in [3.8, 4) is 0 Å². The number of rotatable bonds is 10. The Morgan fingerprint density at radius 1 is 0.852 bits per heavy atom. The van der Waals surface area contributed by atoms with Crippen LogP contribution in [0.4, 0.5) is 8.78 Å². The van der Waals surface area contributed by atoms with Gasteiger partial charge < -0.3 is 4.43 Å². The third kappa shape index (κ3) is 6.08.